The van der Waals surface area contributed by atoms with E-state index in [4.69, 9.17) is 5.73 Å². The van der Waals surface area contributed by atoms with E-state index < -0.39 is 12.1 Å². The highest BCUT2D eigenvalue weighted by molar-refractivity contribution is 5.85. The molecule has 0 saturated heterocycles. The number of ether oxygens (including phenoxy) is 1. The number of nitrogens with two attached hydrogens (primary N) is 1. The van der Waals surface area contributed by atoms with E-state index in [-0.39, 0.29) is 23.8 Å². The molecule has 162 valence electrons. The van der Waals surface area contributed by atoms with Crippen LogP contribution < -0.4 is 16.5 Å². The first-order valence-corrected chi connectivity index (χ1v) is 9.90. The Labute approximate surface area is 173 Å². The molecule has 8 heteroatoms. The number of hydrazine groups is 1. The topological polar surface area (TPSA) is 109 Å². The summed E-state index contributed by atoms with van der Waals surface area (Å²) in [7, 11) is 1.27. The molecule has 8 nitrogen and oxygen atoms in total. The Morgan fingerprint density at radius 1 is 1.45 bits per heavy atom. The number of alkyl carbamates (subject to hydrolysis) is 1. The molecule has 2 amide bonds. The Morgan fingerprint density at radius 2 is 2.10 bits per heavy atom. The molecule has 4 N–H and O–H groups in total. The van der Waals surface area contributed by atoms with Crippen molar-refractivity contribution in [3.05, 3.63) is 35.2 Å². The first-order valence-electron chi connectivity index (χ1n) is 9.90. The number of methoxy groups -OCH3 is 1. The number of rotatable bonds is 9. The second-order valence-corrected chi connectivity index (χ2v) is 7.58. The zero-order valence-electron chi connectivity index (χ0n) is 18.4. The number of carbonyl (C=O) groups excluding carboxylic acids is 2. The molecule has 0 saturated carbocycles. The van der Waals surface area contributed by atoms with Gasteiger partial charge in [0, 0.05) is 12.6 Å². The third-order valence-corrected chi connectivity index (χ3v) is 4.81. The van der Waals surface area contributed by atoms with Crippen LogP contribution in [0.1, 0.15) is 41.0 Å². The Kier molecular flexibility index (Phi) is 9.61. The van der Waals surface area contributed by atoms with Gasteiger partial charge in [0.2, 0.25) is 0 Å². The summed E-state index contributed by atoms with van der Waals surface area (Å²) in [4.78, 5) is 28.8. The second-order valence-electron chi connectivity index (χ2n) is 7.58. The van der Waals surface area contributed by atoms with Crippen molar-refractivity contribution >= 4 is 18.7 Å². The summed E-state index contributed by atoms with van der Waals surface area (Å²) >= 11 is 0. The van der Waals surface area contributed by atoms with Crippen molar-refractivity contribution in [2.45, 2.75) is 53.1 Å². The van der Waals surface area contributed by atoms with Crippen LogP contribution in [0.15, 0.2) is 40.2 Å². The van der Waals surface area contributed by atoms with Crippen molar-refractivity contribution in [2.75, 3.05) is 13.7 Å². The standard InChI is InChI=1S/C21H35N5O3/c1-8-9-26(20(27)19(13(2)3)24-21(28)29-7)25-17(12-23-6)16-10-14(4)18(22)15(5)11-16/h10-14,18-19,25H,6,8-9,22H2,1-5,7H3,(H,24,28)/b17-12-. The van der Waals surface area contributed by atoms with Gasteiger partial charge in [-0.15, -0.1) is 0 Å². The van der Waals surface area contributed by atoms with Crippen LogP contribution in [0.3, 0.4) is 0 Å². The molecule has 3 unspecified atom stereocenters. The molecule has 0 bridgehead atoms. The van der Waals surface area contributed by atoms with Gasteiger partial charge in [0.05, 0.1) is 19.0 Å². The number of hydrogen-bond donors (Lipinski definition) is 3. The minimum Gasteiger partial charge on any atom is -0.453 e. The number of allylic oxidation sites excluding steroid dienone is 1. The van der Waals surface area contributed by atoms with Gasteiger partial charge in [0.1, 0.15) is 6.04 Å². The lowest BCUT2D eigenvalue weighted by atomic mass is 9.87. The second kappa shape index (κ2) is 11.4. The maximum absolute atomic E-state index is 13.2. The van der Waals surface area contributed by atoms with E-state index in [9.17, 15) is 9.59 Å². The lowest BCUT2D eigenvalue weighted by Crippen LogP contribution is -2.55. The molecule has 0 spiro atoms. The first-order chi connectivity index (χ1) is 13.7. The van der Waals surface area contributed by atoms with Gasteiger partial charge in [-0.1, -0.05) is 45.4 Å². The summed E-state index contributed by atoms with van der Waals surface area (Å²) in [6, 6.07) is -0.774. The zero-order valence-corrected chi connectivity index (χ0v) is 18.4. The third-order valence-electron chi connectivity index (χ3n) is 4.81. The van der Waals surface area contributed by atoms with E-state index in [1.807, 2.05) is 46.8 Å². The van der Waals surface area contributed by atoms with Crippen LogP contribution in [0.5, 0.6) is 0 Å². The maximum atomic E-state index is 13.2. The highest BCUT2D eigenvalue weighted by atomic mass is 16.5. The van der Waals surface area contributed by atoms with E-state index in [1.54, 1.807) is 6.20 Å². The summed E-state index contributed by atoms with van der Waals surface area (Å²) in [5, 5.41) is 4.12. The minimum atomic E-state index is -0.732. The number of amides is 2. The van der Waals surface area contributed by atoms with Crippen molar-refractivity contribution in [3.63, 3.8) is 0 Å². The smallest absolute Gasteiger partial charge is 0.407 e. The number of nitrogens with one attached hydrogen (secondary N) is 2. The molecule has 0 aromatic carbocycles. The van der Waals surface area contributed by atoms with E-state index in [1.165, 1.54) is 12.1 Å². The fourth-order valence-electron chi connectivity index (χ4n) is 3.08. The Morgan fingerprint density at radius 3 is 2.59 bits per heavy atom. The molecular formula is C21H35N5O3. The number of hydrogen-bond acceptors (Lipinski definition) is 6. The van der Waals surface area contributed by atoms with Crippen molar-refractivity contribution in [3.8, 4) is 0 Å². The van der Waals surface area contributed by atoms with Gasteiger partial charge in [0.25, 0.3) is 5.91 Å². The van der Waals surface area contributed by atoms with Gasteiger partial charge in [-0.3, -0.25) is 20.2 Å². The van der Waals surface area contributed by atoms with Gasteiger partial charge in [0.15, 0.2) is 0 Å². The van der Waals surface area contributed by atoms with Crippen molar-refractivity contribution in [2.24, 2.45) is 22.6 Å². The fraction of sp³-hybridized carbons (Fsp3) is 0.571. The van der Waals surface area contributed by atoms with E-state index >= 15 is 0 Å². The average molecular weight is 406 g/mol. The van der Waals surface area contributed by atoms with Crippen LogP contribution in [-0.4, -0.2) is 49.5 Å². The van der Waals surface area contributed by atoms with Crippen LogP contribution in [0.4, 0.5) is 4.79 Å². The molecule has 0 aliphatic heterocycles. The Bertz CT molecular complexity index is 696. The molecule has 0 fully saturated rings. The predicted molar refractivity (Wildman–Crippen MR) is 116 cm³/mol. The summed E-state index contributed by atoms with van der Waals surface area (Å²) in [6.07, 6.45) is 5.69. The molecule has 3 atom stereocenters. The number of aliphatic imine (C=N–C) groups is 1. The highest BCUT2D eigenvalue weighted by Crippen LogP contribution is 2.25. The first kappa shape index (κ1) is 24.4. The van der Waals surface area contributed by atoms with Crippen molar-refractivity contribution in [1.82, 2.24) is 15.8 Å². The summed E-state index contributed by atoms with van der Waals surface area (Å²) < 4.78 is 4.66. The highest BCUT2D eigenvalue weighted by Gasteiger charge is 2.30. The summed E-state index contributed by atoms with van der Waals surface area (Å²) in [6.45, 7) is 13.7. The molecule has 0 radical (unpaired) electrons. The fourth-order valence-corrected chi connectivity index (χ4v) is 3.08. The average Bonchev–Trinajstić information content (AvgIpc) is 2.67. The molecular weight excluding hydrogens is 370 g/mol. The van der Waals surface area contributed by atoms with Crippen LogP contribution in [-0.2, 0) is 9.53 Å². The van der Waals surface area contributed by atoms with Crippen LogP contribution in [0, 0.1) is 11.8 Å². The van der Waals surface area contributed by atoms with Crippen molar-refractivity contribution in [1.29, 1.82) is 0 Å². The Hall–Kier alpha value is -2.61. The molecule has 0 heterocycles. The van der Waals surface area contributed by atoms with E-state index in [0.717, 1.165) is 17.6 Å². The van der Waals surface area contributed by atoms with Crippen LogP contribution >= 0.6 is 0 Å². The SMILES string of the molecule is C=N/C=C(\NN(CCC)C(=O)C(NC(=O)OC)C(C)C)C1=CC(C)C(N)C(C)=C1. The Balaban J connectivity index is 3.17. The lowest BCUT2D eigenvalue weighted by molar-refractivity contribution is -0.137. The quantitative estimate of drug-likeness (QED) is 0.403. The molecule has 1 aliphatic rings. The molecule has 0 aromatic heterocycles. The van der Waals surface area contributed by atoms with Crippen LogP contribution in [0.25, 0.3) is 0 Å². The van der Waals surface area contributed by atoms with Crippen LogP contribution in [0.2, 0.25) is 0 Å². The van der Waals surface area contributed by atoms with Gasteiger partial charge in [-0.25, -0.2) is 4.79 Å². The van der Waals surface area contributed by atoms with Crippen molar-refractivity contribution < 1.29 is 14.3 Å². The van der Waals surface area contributed by atoms with Gasteiger partial charge in [-0.2, -0.15) is 0 Å². The molecule has 1 rings (SSSR count). The lowest BCUT2D eigenvalue weighted by Gasteiger charge is -2.32. The van der Waals surface area contributed by atoms with Gasteiger partial charge >= 0.3 is 6.09 Å². The largest absolute Gasteiger partial charge is 0.453 e. The summed E-state index contributed by atoms with van der Waals surface area (Å²) in [5.41, 5.74) is 11.9. The minimum absolute atomic E-state index is 0.0420. The van der Waals surface area contributed by atoms with Gasteiger partial charge in [-0.05, 0) is 37.5 Å². The van der Waals surface area contributed by atoms with E-state index in [0.29, 0.717) is 12.2 Å². The van der Waals surface area contributed by atoms with Gasteiger partial charge < -0.3 is 15.8 Å². The predicted octanol–water partition coefficient (Wildman–Crippen LogP) is 2.50. The number of carbonyl (C=O) groups is 2. The molecule has 1 aliphatic carbocycles. The third kappa shape index (κ3) is 6.74. The zero-order chi connectivity index (χ0) is 22.1. The maximum Gasteiger partial charge on any atom is 0.407 e. The summed E-state index contributed by atoms with van der Waals surface area (Å²) in [5.74, 6) is -0.240. The normalized spacial score (nSPS) is 20.3. The molecule has 29 heavy (non-hydrogen) atoms. The molecule has 0 aromatic rings. The number of nitrogens with zero attached hydrogens (tertiary/aromatic N) is 2. The van der Waals surface area contributed by atoms with E-state index in [2.05, 4.69) is 27.2 Å². The monoisotopic (exact) mass is 405 g/mol.